The molecule has 0 atom stereocenters. The largest absolute Gasteiger partial charge is 1.00 e. The summed E-state index contributed by atoms with van der Waals surface area (Å²) in [7, 11) is 0.931. The molecule has 0 fully saturated rings. The Morgan fingerprint density at radius 2 is 1.11 bits per heavy atom. The molecule has 0 amide bonds. The average Bonchev–Trinajstić information content (AvgIpc) is 1.35. The molecular weight excluding hydrogens is 234 g/mol. The van der Waals surface area contributed by atoms with Crippen LogP contribution in [0.2, 0.25) is 15.7 Å². The van der Waals surface area contributed by atoms with Crippen molar-refractivity contribution in [2.75, 3.05) is 0 Å². The van der Waals surface area contributed by atoms with Crippen LogP contribution in [0.3, 0.4) is 0 Å². The van der Waals surface area contributed by atoms with Gasteiger partial charge in [-0.15, -0.1) is 0 Å². The van der Waals surface area contributed by atoms with Crippen LogP contribution in [0.5, 0.6) is 0 Å². The fourth-order valence-electron chi connectivity index (χ4n) is 0. The first kappa shape index (κ1) is 22.4. The summed E-state index contributed by atoms with van der Waals surface area (Å²) < 4.78 is 5.26. The van der Waals surface area contributed by atoms with Crippen molar-refractivity contribution < 1.29 is 57.2 Å². The van der Waals surface area contributed by atoms with Gasteiger partial charge in [-0.1, -0.05) is 0 Å². The van der Waals surface area contributed by atoms with Gasteiger partial charge in [-0.05, 0) is 0 Å². The molecule has 9 heavy (non-hydrogen) atoms. The van der Waals surface area contributed by atoms with Crippen LogP contribution in [0.15, 0.2) is 0 Å². The van der Waals surface area contributed by atoms with Crippen molar-refractivity contribution in [2.45, 2.75) is 15.7 Å². The Balaban J connectivity index is -0.0000000417. The fourth-order valence-corrected chi connectivity index (χ4v) is 0. The monoisotopic (exact) mass is 245 g/mol. The van der Waals surface area contributed by atoms with E-state index < -0.39 is 17.0 Å². The molecule has 0 radical (unpaired) electrons. The van der Waals surface area contributed by atoms with Gasteiger partial charge in [0.25, 0.3) is 0 Å². The molecule has 0 saturated heterocycles. The zero-order valence-electron chi connectivity index (χ0n) is 6.04. The fraction of sp³-hybridized carbons (Fsp3) is 1.00. The second kappa shape index (κ2) is 9.76. The molecule has 0 heterocycles. The Labute approximate surface area is 82.9 Å². The van der Waals surface area contributed by atoms with Crippen molar-refractivity contribution in [3.05, 3.63) is 0 Å². The normalized spacial score (nSPS) is 6.56. The summed E-state index contributed by atoms with van der Waals surface area (Å²) in [6.07, 6.45) is 0. The first-order valence-electron chi connectivity index (χ1n) is 2.11. The minimum absolute atomic E-state index is 0. The third kappa shape index (κ3) is 25.9. The van der Waals surface area contributed by atoms with E-state index in [1.54, 1.807) is 0 Å². The molecule has 0 unspecified atom stereocenters. The summed E-state index contributed by atoms with van der Waals surface area (Å²) in [6.45, 7) is 0. The molecule has 0 bridgehead atoms. The second-order valence-electron chi connectivity index (χ2n) is 2.32. The SMILES string of the molecule is [CH3][Ti+3]([CH3])([CH3])[O][SiH3].[Cl-].[Cl-].[Cl-]. The van der Waals surface area contributed by atoms with Gasteiger partial charge in [0.15, 0.2) is 0 Å². The van der Waals surface area contributed by atoms with Gasteiger partial charge in [-0.25, -0.2) is 0 Å². The van der Waals surface area contributed by atoms with Crippen molar-refractivity contribution in [1.82, 2.24) is 0 Å². The summed E-state index contributed by atoms with van der Waals surface area (Å²) in [5.74, 6) is 0. The smallest absolute Gasteiger partial charge is 1.00 e. The predicted octanol–water partition coefficient (Wildman–Crippen LogP) is -8.49. The van der Waals surface area contributed by atoms with Gasteiger partial charge < -0.3 is 37.2 Å². The third-order valence-electron chi connectivity index (χ3n) is 0.612. The van der Waals surface area contributed by atoms with Crippen LogP contribution < -0.4 is 37.2 Å². The van der Waals surface area contributed by atoms with Crippen molar-refractivity contribution in [3.8, 4) is 0 Å². The minimum Gasteiger partial charge on any atom is -1.00 e. The van der Waals surface area contributed by atoms with E-state index in [4.69, 9.17) is 3.01 Å². The first-order chi connectivity index (χ1) is 2.56. The van der Waals surface area contributed by atoms with Crippen LogP contribution in [0, 0.1) is 0 Å². The number of hydrogen-bond donors (Lipinski definition) is 0. The van der Waals surface area contributed by atoms with E-state index in [0.717, 1.165) is 10.5 Å². The third-order valence-corrected chi connectivity index (χ3v) is 7.57. The van der Waals surface area contributed by atoms with Crippen LogP contribution in [-0.4, -0.2) is 10.5 Å². The topological polar surface area (TPSA) is 9.23 Å². The van der Waals surface area contributed by atoms with E-state index in [0.29, 0.717) is 0 Å². The molecule has 0 aromatic heterocycles. The van der Waals surface area contributed by atoms with Crippen molar-refractivity contribution >= 4 is 10.5 Å². The van der Waals surface area contributed by atoms with E-state index in [-0.39, 0.29) is 37.2 Å². The van der Waals surface area contributed by atoms with Crippen molar-refractivity contribution in [2.24, 2.45) is 0 Å². The summed E-state index contributed by atoms with van der Waals surface area (Å²) in [5.41, 5.74) is 0. The molecule has 0 spiro atoms. The Bertz CT molecular complexity index is 48.8. The summed E-state index contributed by atoms with van der Waals surface area (Å²) >= 11 is -1.48. The average molecular weight is 246 g/mol. The number of rotatable bonds is 1. The number of hydrogen-bond acceptors (Lipinski definition) is 1. The van der Waals surface area contributed by atoms with Gasteiger partial charge in [-0.3, -0.25) is 0 Å². The van der Waals surface area contributed by atoms with Crippen LogP contribution in [-0.2, 0) is 20.0 Å². The molecule has 0 aromatic carbocycles. The summed E-state index contributed by atoms with van der Waals surface area (Å²) in [4.78, 5) is 0. The van der Waals surface area contributed by atoms with Gasteiger partial charge >= 0.3 is 46.2 Å². The molecule has 0 aliphatic carbocycles. The Morgan fingerprint density at radius 1 is 1.00 bits per heavy atom. The molecule has 0 aliphatic heterocycles. The van der Waals surface area contributed by atoms with E-state index in [1.807, 2.05) is 0 Å². The molecule has 0 aliphatic rings. The Kier molecular flexibility index (Phi) is 24.3. The zero-order valence-corrected chi connectivity index (χ0v) is 11.9. The standard InChI is InChI=1S/3CH3.3ClH.H3OSi.Ti/c;;;;;;1-2;/h3*1H3;3*1H;2H3;/q;;;;;;-1;+4/p-3. The van der Waals surface area contributed by atoms with Crippen molar-refractivity contribution in [1.29, 1.82) is 0 Å². The molecule has 0 rings (SSSR count). The molecule has 0 N–H and O–H groups in total. The van der Waals surface area contributed by atoms with Gasteiger partial charge in [0.1, 0.15) is 0 Å². The van der Waals surface area contributed by atoms with Crippen LogP contribution >= 0.6 is 0 Å². The molecule has 1 nitrogen and oxygen atoms in total. The molecule has 0 aromatic rings. The minimum atomic E-state index is -1.48. The van der Waals surface area contributed by atoms with E-state index in [9.17, 15) is 0 Å². The number of halogens is 3. The quantitative estimate of drug-likeness (QED) is 0.418. The predicted molar refractivity (Wildman–Crippen MR) is 28.6 cm³/mol. The molecule has 6 heteroatoms. The summed E-state index contributed by atoms with van der Waals surface area (Å²) in [5, 5.41) is 6.73. The summed E-state index contributed by atoms with van der Waals surface area (Å²) in [6, 6.07) is 0. The van der Waals surface area contributed by atoms with Gasteiger partial charge in [0, 0.05) is 0 Å². The first-order valence-corrected chi connectivity index (χ1v) is 8.25. The van der Waals surface area contributed by atoms with E-state index in [2.05, 4.69) is 15.7 Å². The molecule has 59 valence electrons. The maximum Gasteiger partial charge on any atom is -1.00 e. The zero-order chi connectivity index (χ0) is 5.21. The molecular formula is C3H12Cl3OSiTi. The van der Waals surface area contributed by atoms with Crippen LogP contribution in [0.25, 0.3) is 0 Å². The maximum atomic E-state index is 5.26. The second-order valence-corrected chi connectivity index (χ2v) is 11.2. The molecule has 0 saturated carbocycles. The van der Waals surface area contributed by atoms with Gasteiger partial charge in [0.05, 0.1) is 0 Å². The van der Waals surface area contributed by atoms with E-state index >= 15 is 0 Å². The van der Waals surface area contributed by atoms with E-state index in [1.165, 1.54) is 0 Å². The maximum absolute atomic E-state index is 5.26. The Hall–Kier alpha value is 1.76. The van der Waals surface area contributed by atoms with Gasteiger partial charge in [-0.2, -0.15) is 0 Å². The Morgan fingerprint density at radius 3 is 1.11 bits per heavy atom. The van der Waals surface area contributed by atoms with Crippen LogP contribution in [0.4, 0.5) is 0 Å². The van der Waals surface area contributed by atoms with Gasteiger partial charge in [0.2, 0.25) is 0 Å². The van der Waals surface area contributed by atoms with Crippen molar-refractivity contribution in [3.63, 3.8) is 0 Å². The van der Waals surface area contributed by atoms with Crippen LogP contribution in [0.1, 0.15) is 0 Å².